The maximum atomic E-state index is 12.0. The largest absolute Gasteiger partial charge is 0.420 e. The SMILES string of the molecule is O=C(Oc1c(Cl)cccc1Cl)c1ccc(Cl)cc1Cl. The van der Waals surface area contributed by atoms with Gasteiger partial charge in [-0.2, -0.15) is 0 Å². The minimum atomic E-state index is -0.656. The Morgan fingerprint density at radius 3 is 2.11 bits per heavy atom. The number of carbonyl (C=O) groups excluding carboxylic acids is 1. The molecule has 0 fully saturated rings. The van der Waals surface area contributed by atoms with Gasteiger partial charge in [0.25, 0.3) is 0 Å². The molecule has 0 amide bonds. The number of halogens is 4. The fourth-order valence-corrected chi connectivity index (χ4v) is 2.34. The molecule has 0 saturated heterocycles. The normalized spacial score (nSPS) is 10.3. The van der Waals surface area contributed by atoms with Crippen LogP contribution in [0, 0.1) is 0 Å². The molecule has 0 radical (unpaired) electrons. The number of benzene rings is 2. The molecule has 0 bridgehead atoms. The van der Waals surface area contributed by atoms with E-state index in [2.05, 4.69) is 0 Å². The van der Waals surface area contributed by atoms with Crippen molar-refractivity contribution in [3.05, 3.63) is 62.1 Å². The summed E-state index contributed by atoms with van der Waals surface area (Å²) < 4.78 is 5.15. The fraction of sp³-hybridized carbons (Fsp3) is 0. The van der Waals surface area contributed by atoms with E-state index in [9.17, 15) is 4.79 Å². The van der Waals surface area contributed by atoms with E-state index in [-0.39, 0.29) is 26.4 Å². The predicted octanol–water partition coefficient (Wildman–Crippen LogP) is 5.52. The lowest BCUT2D eigenvalue weighted by Gasteiger charge is -2.09. The van der Waals surface area contributed by atoms with Crippen LogP contribution in [0.25, 0.3) is 0 Å². The molecule has 98 valence electrons. The Labute approximate surface area is 129 Å². The molecule has 0 saturated carbocycles. The Bertz CT molecular complexity index is 620. The monoisotopic (exact) mass is 334 g/mol. The first-order valence-electron chi connectivity index (χ1n) is 5.10. The standard InChI is InChI=1S/C13H6Cl4O2/c14-7-4-5-8(11(17)6-7)13(18)19-12-9(15)2-1-3-10(12)16/h1-6H. The first-order valence-corrected chi connectivity index (χ1v) is 6.61. The predicted molar refractivity (Wildman–Crippen MR) is 77.9 cm³/mol. The number of hydrogen-bond donors (Lipinski definition) is 0. The van der Waals surface area contributed by atoms with Crippen LogP contribution >= 0.6 is 46.4 Å². The van der Waals surface area contributed by atoms with Crippen LogP contribution in [0.4, 0.5) is 0 Å². The van der Waals surface area contributed by atoms with Gasteiger partial charge in [-0.3, -0.25) is 0 Å². The van der Waals surface area contributed by atoms with E-state index < -0.39 is 5.97 Å². The summed E-state index contributed by atoms with van der Waals surface area (Å²) in [6.07, 6.45) is 0. The highest BCUT2D eigenvalue weighted by Gasteiger charge is 2.16. The fourth-order valence-electron chi connectivity index (χ4n) is 1.38. The van der Waals surface area contributed by atoms with Crippen molar-refractivity contribution >= 4 is 52.4 Å². The van der Waals surface area contributed by atoms with Crippen molar-refractivity contribution in [3.8, 4) is 5.75 Å². The Hall–Kier alpha value is -0.930. The van der Waals surface area contributed by atoms with E-state index in [1.54, 1.807) is 18.2 Å². The maximum absolute atomic E-state index is 12.0. The first kappa shape index (κ1) is 14.5. The van der Waals surface area contributed by atoms with E-state index in [0.29, 0.717) is 5.02 Å². The first-order chi connectivity index (χ1) is 8.99. The van der Waals surface area contributed by atoms with E-state index in [1.165, 1.54) is 18.2 Å². The van der Waals surface area contributed by atoms with Gasteiger partial charge in [0.15, 0.2) is 5.75 Å². The van der Waals surface area contributed by atoms with Gasteiger partial charge in [-0.1, -0.05) is 52.5 Å². The summed E-state index contributed by atoms with van der Waals surface area (Å²) in [5, 5.41) is 1.11. The van der Waals surface area contributed by atoms with Gasteiger partial charge in [0.1, 0.15) is 0 Å². The van der Waals surface area contributed by atoms with Crippen LogP contribution < -0.4 is 4.74 Å². The van der Waals surface area contributed by atoms with E-state index in [4.69, 9.17) is 51.1 Å². The average molecular weight is 336 g/mol. The summed E-state index contributed by atoms with van der Waals surface area (Å²) in [6.45, 7) is 0. The van der Waals surface area contributed by atoms with Crippen molar-refractivity contribution < 1.29 is 9.53 Å². The van der Waals surface area contributed by atoms with Crippen LogP contribution in [-0.2, 0) is 0 Å². The third kappa shape index (κ3) is 3.34. The van der Waals surface area contributed by atoms with Crippen LogP contribution in [0.5, 0.6) is 5.75 Å². The molecule has 0 spiro atoms. The molecular weight excluding hydrogens is 330 g/mol. The lowest BCUT2D eigenvalue weighted by atomic mass is 10.2. The van der Waals surface area contributed by atoms with Gasteiger partial charge in [-0.25, -0.2) is 4.79 Å². The second-order valence-electron chi connectivity index (χ2n) is 3.56. The molecule has 2 nitrogen and oxygen atoms in total. The molecule has 0 aromatic heterocycles. The highest BCUT2D eigenvalue weighted by Crippen LogP contribution is 2.33. The van der Waals surface area contributed by atoms with E-state index >= 15 is 0 Å². The molecule has 0 heterocycles. The van der Waals surface area contributed by atoms with Crippen molar-refractivity contribution in [1.29, 1.82) is 0 Å². The zero-order chi connectivity index (χ0) is 14.0. The Balaban J connectivity index is 2.31. The summed E-state index contributed by atoms with van der Waals surface area (Å²) in [7, 11) is 0. The summed E-state index contributed by atoms with van der Waals surface area (Å²) in [4.78, 5) is 12.0. The minimum absolute atomic E-state index is 0.0989. The molecule has 0 atom stereocenters. The van der Waals surface area contributed by atoms with Gasteiger partial charge in [-0.05, 0) is 30.3 Å². The number of rotatable bonds is 2. The summed E-state index contributed by atoms with van der Waals surface area (Å²) in [5.74, 6) is -0.557. The number of esters is 1. The lowest BCUT2D eigenvalue weighted by Crippen LogP contribution is -2.09. The van der Waals surface area contributed by atoms with Crippen LogP contribution in [0.1, 0.15) is 10.4 Å². The quantitative estimate of drug-likeness (QED) is 0.533. The van der Waals surface area contributed by atoms with Gasteiger partial charge in [0, 0.05) is 5.02 Å². The Morgan fingerprint density at radius 1 is 0.895 bits per heavy atom. The highest BCUT2D eigenvalue weighted by molar-refractivity contribution is 6.38. The number of hydrogen-bond acceptors (Lipinski definition) is 2. The van der Waals surface area contributed by atoms with Crippen molar-refractivity contribution in [2.24, 2.45) is 0 Å². The van der Waals surface area contributed by atoms with Crippen LogP contribution in [0.15, 0.2) is 36.4 Å². The molecule has 2 rings (SSSR count). The topological polar surface area (TPSA) is 26.3 Å². The van der Waals surface area contributed by atoms with Crippen molar-refractivity contribution in [3.63, 3.8) is 0 Å². The summed E-state index contributed by atoms with van der Waals surface area (Å²) in [6, 6.07) is 9.25. The van der Waals surface area contributed by atoms with Crippen LogP contribution in [0.3, 0.4) is 0 Å². The number of carbonyl (C=O) groups is 1. The number of ether oxygens (including phenoxy) is 1. The molecule has 0 unspecified atom stereocenters. The smallest absolute Gasteiger partial charge is 0.345 e. The second kappa shape index (κ2) is 6.02. The van der Waals surface area contributed by atoms with E-state index in [1.807, 2.05) is 0 Å². The number of para-hydroxylation sites is 1. The van der Waals surface area contributed by atoms with Gasteiger partial charge >= 0.3 is 5.97 Å². The molecule has 0 aliphatic heterocycles. The summed E-state index contributed by atoms with van der Waals surface area (Å²) in [5.41, 5.74) is 0.182. The molecular formula is C13H6Cl4O2. The lowest BCUT2D eigenvalue weighted by molar-refractivity contribution is 0.0735. The molecule has 0 aliphatic carbocycles. The second-order valence-corrected chi connectivity index (χ2v) is 5.22. The zero-order valence-corrected chi connectivity index (χ0v) is 12.3. The van der Waals surface area contributed by atoms with Gasteiger partial charge in [0.05, 0.1) is 20.6 Å². The minimum Gasteiger partial charge on any atom is -0.420 e. The zero-order valence-electron chi connectivity index (χ0n) is 9.29. The van der Waals surface area contributed by atoms with Gasteiger partial charge in [-0.15, -0.1) is 0 Å². The van der Waals surface area contributed by atoms with Crippen LogP contribution in [0.2, 0.25) is 20.1 Å². The third-order valence-corrected chi connectivity index (χ3v) is 3.41. The molecule has 19 heavy (non-hydrogen) atoms. The van der Waals surface area contributed by atoms with E-state index in [0.717, 1.165) is 0 Å². The summed E-state index contributed by atoms with van der Waals surface area (Å²) >= 11 is 23.5. The Kier molecular flexibility index (Phi) is 4.58. The van der Waals surface area contributed by atoms with Crippen molar-refractivity contribution in [2.75, 3.05) is 0 Å². The average Bonchev–Trinajstić information content (AvgIpc) is 2.33. The Morgan fingerprint density at radius 2 is 1.53 bits per heavy atom. The molecule has 2 aromatic rings. The molecule has 2 aromatic carbocycles. The van der Waals surface area contributed by atoms with Gasteiger partial charge < -0.3 is 4.74 Å². The van der Waals surface area contributed by atoms with Crippen molar-refractivity contribution in [1.82, 2.24) is 0 Å². The molecule has 0 N–H and O–H groups in total. The van der Waals surface area contributed by atoms with Crippen molar-refractivity contribution in [2.45, 2.75) is 0 Å². The van der Waals surface area contributed by atoms with Gasteiger partial charge in [0.2, 0.25) is 0 Å². The highest BCUT2D eigenvalue weighted by atomic mass is 35.5. The third-order valence-electron chi connectivity index (χ3n) is 2.26. The molecule has 0 aliphatic rings. The van der Waals surface area contributed by atoms with Crippen LogP contribution in [-0.4, -0.2) is 5.97 Å². The maximum Gasteiger partial charge on any atom is 0.345 e. The molecule has 6 heteroatoms.